The summed E-state index contributed by atoms with van der Waals surface area (Å²) in [5.74, 6) is -1.14. The van der Waals surface area contributed by atoms with Gasteiger partial charge in [0.25, 0.3) is 5.91 Å². The van der Waals surface area contributed by atoms with E-state index >= 15 is 0 Å². The number of nitrogens with zero attached hydrogens (tertiary/aromatic N) is 4. The summed E-state index contributed by atoms with van der Waals surface area (Å²) in [6.07, 6.45) is 5.22. The molecule has 3 heterocycles. The highest BCUT2D eigenvalue weighted by molar-refractivity contribution is 6.31. The van der Waals surface area contributed by atoms with E-state index in [1.165, 1.54) is 27.9 Å². The van der Waals surface area contributed by atoms with Crippen LogP contribution in [-0.4, -0.2) is 52.3 Å². The minimum absolute atomic E-state index is 0.0449. The molecule has 0 bridgehead atoms. The highest BCUT2D eigenvalue weighted by atomic mass is 35.5. The van der Waals surface area contributed by atoms with Crippen LogP contribution >= 0.6 is 23.2 Å². The first-order valence-corrected chi connectivity index (χ1v) is 9.87. The lowest BCUT2D eigenvalue weighted by Crippen LogP contribution is -2.50. The van der Waals surface area contributed by atoms with Crippen molar-refractivity contribution >= 4 is 46.9 Å². The molecular weight excluding hydrogens is 432 g/mol. The van der Waals surface area contributed by atoms with Crippen LogP contribution in [0.25, 0.3) is 17.0 Å². The highest BCUT2D eigenvalue weighted by Crippen LogP contribution is 2.29. The number of carbonyl (C=O) groups is 2. The molecule has 0 spiro atoms. The standard InChI is InChI=1S/C20H16Cl2FN5O2/c21-13-5-12(6-15(23)7-13)18-9-17(20(30)27-4-3-25-19(29)11-27)26-28(18)16-1-2-24-10-14(22)8-16/h2,5-10H,1,3-4,11H2,(H,25,29). The summed E-state index contributed by atoms with van der Waals surface area (Å²) in [7, 11) is 0. The van der Waals surface area contributed by atoms with E-state index < -0.39 is 11.7 Å². The third-order valence-electron chi connectivity index (χ3n) is 4.59. The quantitative estimate of drug-likeness (QED) is 0.783. The summed E-state index contributed by atoms with van der Waals surface area (Å²) in [5.41, 5.74) is 1.68. The fourth-order valence-corrected chi connectivity index (χ4v) is 3.66. The van der Waals surface area contributed by atoms with Gasteiger partial charge in [-0.25, -0.2) is 9.07 Å². The smallest absolute Gasteiger partial charge is 0.274 e. The molecule has 0 aliphatic carbocycles. The summed E-state index contributed by atoms with van der Waals surface area (Å²) < 4.78 is 15.5. The lowest BCUT2D eigenvalue weighted by atomic mass is 10.1. The maximum Gasteiger partial charge on any atom is 0.274 e. The molecule has 30 heavy (non-hydrogen) atoms. The monoisotopic (exact) mass is 447 g/mol. The molecule has 0 atom stereocenters. The van der Waals surface area contributed by atoms with E-state index in [1.54, 1.807) is 24.4 Å². The minimum atomic E-state index is -0.514. The first kappa shape index (κ1) is 20.3. The van der Waals surface area contributed by atoms with Gasteiger partial charge in [-0.05, 0) is 30.3 Å². The van der Waals surface area contributed by atoms with Crippen LogP contribution in [0.4, 0.5) is 4.39 Å². The zero-order valence-electron chi connectivity index (χ0n) is 15.6. The van der Waals surface area contributed by atoms with Crippen molar-refractivity contribution in [1.82, 2.24) is 20.0 Å². The SMILES string of the molecule is O=C1CN(C(=O)c2cc(-c3cc(F)cc(Cl)c3)n(C3=CC(Cl)=CN=CC3)n2)CCN1. The number of halogens is 3. The number of amides is 2. The van der Waals surface area contributed by atoms with Crippen LogP contribution in [0.2, 0.25) is 5.02 Å². The van der Waals surface area contributed by atoms with Crippen molar-refractivity contribution < 1.29 is 14.0 Å². The molecule has 1 saturated heterocycles. The van der Waals surface area contributed by atoms with E-state index in [-0.39, 0.29) is 23.2 Å². The number of piperazine rings is 1. The zero-order chi connectivity index (χ0) is 21.3. The maximum atomic E-state index is 14.0. The Morgan fingerprint density at radius 2 is 2.03 bits per heavy atom. The predicted molar refractivity (Wildman–Crippen MR) is 113 cm³/mol. The van der Waals surface area contributed by atoms with Crippen molar-refractivity contribution in [2.75, 3.05) is 19.6 Å². The Morgan fingerprint density at radius 3 is 2.80 bits per heavy atom. The van der Waals surface area contributed by atoms with Gasteiger partial charge in [0, 0.05) is 48.2 Å². The normalized spacial score (nSPS) is 16.6. The summed E-state index contributed by atoms with van der Waals surface area (Å²) in [6, 6.07) is 5.65. The van der Waals surface area contributed by atoms with Crippen molar-refractivity contribution in [3.05, 3.63) is 58.1 Å². The third kappa shape index (κ3) is 4.29. The number of allylic oxidation sites excluding steroid dienone is 3. The van der Waals surface area contributed by atoms with E-state index in [9.17, 15) is 14.0 Å². The fraction of sp³-hybridized carbons (Fsp3) is 0.200. The Kier molecular flexibility index (Phi) is 5.69. The Labute approximate surface area is 181 Å². The Bertz CT molecular complexity index is 1100. The first-order chi connectivity index (χ1) is 14.4. The molecule has 0 radical (unpaired) electrons. The molecule has 2 aromatic rings. The molecule has 7 nitrogen and oxygen atoms in total. The number of benzene rings is 1. The Hall–Kier alpha value is -2.97. The molecule has 154 valence electrons. The van der Waals surface area contributed by atoms with E-state index in [2.05, 4.69) is 15.4 Å². The van der Waals surface area contributed by atoms with Gasteiger partial charge in [0.15, 0.2) is 5.69 Å². The molecule has 10 heteroatoms. The molecule has 4 rings (SSSR count). The second-order valence-electron chi connectivity index (χ2n) is 6.75. The molecule has 1 aromatic carbocycles. The topological polar surface area (TPSA) is 79.6 Å². The van der Waals surface area contributed by atoms with Gasteiger partial charge in [-0.2, -0.15) is 5.10 Å². The van der Waals surface area contributed by atoms with Crippen LogP contribution in [0, 0.1) is 5.82 Å². The fourth-order valence-electron chi connectivity index (χ4n) is 3.26. The van der Waals surface area contributed by atoms with Gasteiger partial charge in [-0.3, -0.25) is 14.6 Å². The van der Waals surface area contributed by atoms with Crippen LogP contribution in [0.15, 0.2) is 46.6 Å². The minimum Gasteiger partial charge on any atom is -0.353 e. The Morgan fingerprint density at radius 1 is 1.20 bits per heavy atom. The van der Waals surface area contributed by atoms with Crippen LogP contribution in [-0.2, 0) is 4.79 Å². The molecule has 0 unspecified atom stereocenters. The zero-order valence-corrected chi connectivity index (χ0v) is 17.1. The average molecular weight is 448 g/mol. The van der Waals surface area contributed by atoms with Crippen LogP contribution in [0.3, 0.4) is 0 Å². The van der Waals surface area contributed by atoms with Gasteiger partial charge >= 0.3 is 0 Å². The van der Waals surface area contributed by atoms with Crippen LogP contribution < -0.4 is 5.32 Å². The molecule has 1 N–H and O–H groups in total. The number of hydrogen-bond acceptors (Lipinski definition) is 4. The molecule has 2 aliphatic heterocycles. The molecule has 2 aliphatic rings. The van der Waals surface area contributed by atoms with Gasteiger partial charge in [-0.1, -0.05) is 23.2 Å². The predicted octanol–water partition coefficient (Wildman–Crippen LogP) is 3.31. The van der Waals surface area contributed by atoms with Gasteiger partial charge in [0.1, 0.15) is 5.82 Å². The van der Waals surface area contributed by atoms with Crippen LogP contribution in [0.1, 0.15) is 16.9 Å². The lowest BCUT2D eigenvalue weighted by molar-refractivity contribution is -0.123. The van der Waals surface area contributed by atoms with Gasteiger partial charge in [0.05, 0.1) is 17.3 Å². The molecule has 1 fully saturated rings. The number of carbonyl (C=O) groups excluding carboxylic acids is 2. The first-order valence-electron chi connectivity index (χ1n) is 9.11. The molecule has 1 aromatic heterocycles. The maximum absolute atomic E-state index is 14.0. The van der Waals surface area contributed by atoms with Crippen molar-refractivity contribution in [3.8, 4) is 11.3 Å². The summed E-state index contributed by atoms with van der Waals surface area (Å²) >= 11 is 12.2. The van der Waals surface area contributed by atoms with E-state index in [0.717, 1.165) is 0 Å². The second kappa shape index (κ2) is 8.41. The van der Waals surface area contributed by atoms with E-state index in [0.29, 0.717) is 41.5 Å². The van der Waals surface area contributed by atoms with Crippen molar-refractivity contribution in [2.24, 2.45) is 4.99 Å². The van der Waals surface area contributed by atoms with Gasteiger partial charge < -0.3 is 10.2 Å². The molecule has 0 saturated carbocycles. The summed E-state index contributed by atoms with van der Waals surface area (Å²) in [4.78, 5) is 30.1. The van der Waals surface area contributed by atoms with Gasteiger partial charge in [0.2, 0.25) is 5.91 Å². The number of aliphatic imine (C=N–C) groups is 1. The number of nitrogens with one attached hydrogen (secondary N) is 1. The van der Waals surface area contributed by atoms with E-state index in [4.69, 9.17) is 23.2 Å². The summed E-state index contributed by atoms with van der Waals surface area (Å²) in [5, 5.41) is 7.74. The van der Waals surface area contributed by atoms with Crippen molar-refractivity contribution in [2.45, 2.75) is 6.42 Å². The third-order valence-corrected chi connectivity index (χ3v) is 5.02. The van der Waals surface area contributed by atoms with Crippen molar-refractivity contribution in [3.63, 3.8) is 0 Å². The average Bonchev–Trinajstić information content (AvgIpc) is 3.03. The number of hydrogen-bond donors (Lipinski definition) is 1. The number of aromatic nitrogens is 2. The number of rotatable bonds is 3. The van der Waals surface area contributed by atoms with Crippen molar-refractivity contribution in [1.29, 1.82) is 0 Å². The largest absolute Gasteiger partial charge is 0.353 e. The lowest BCUT2D eigenvalue weighted by Gasteiger charge is -2.25. The second-order valence-corrected chi connectivity index (χ2v) is 7.62. The highest BCUT2D eigenvalue weighted by Gasteiger charge is 2.26. The Balaban J connectivity index is 1.81. The molecule has 2 amide bonds. The molecular formula is C20H16Cl2FN5O2. The van der Waals surface area contributed by atoms with Gasteiger partial charge in [-0.15, -0.1) is 0 Å². The van der Waals surface area contributed by atoms with E-state index in [1.807, 2.05) is 0 Å². The summed E-state index contributed by atoms with van der Waals surface area (Å²) in [6.45, 7) is 0.707. The van der Waals surface area contributed by atoms with Crippen LogP contribution in [0.5, 0.6) is 0 Å².